The number of carbonyl (C=O) groups is 2. The van der Waals surface area contributed by atoms with E-state index in [1.807, 2.05) is 12.1 Å². The molecule has 1 aromatic heterocycles. The second-order valence-corrected chi connectivity index (χ2v) is 4.89. The van der Waals surface area contributed by atoms with Crippen LogP contribution < -0.4 is 4.90 Å². The topological polar surface area (TPSA) is 53.5 Å². The Morgan fingerprint density at radius 3 is 2.58 bits per heavy atom. The fraction of sp³-hybridized carbons (Fsp3) is 0.500. The monoisotopic (exact) mass is 261 g/mol. The van der Waals surface area contributed by atoms with Gasteiger partial charge in [0.1, 0.15) is 0 Å². The van der Waals surface area contributed by atoms with Gasteiger partial charge in [0.2, 0.25) is 11.8 Å². The first-order chi connectivity index (χ1) is 9.09. The van der Waals surface area contributed by atoms with Crippen LogP contribution >= 0.6 is 0 Å². The summed E-state index contributed by atoms with van der Waals surface area (Å²) in [5.74, 6) is 0.198. The minimum Gasteiger partial charge on any atom is -0.343 e. The molecule has 0 aliphatic carbocycles. The number of rotatable bonds is 2. The molecule has 2 heterocycles. The first-order valence-electron chi connectivity index (χ1n) is 6.52. The number of piperidine rings is 1. The highest BCUT2D eigenvalue weighted by molar-refractivity contribution is 5.94. The molecule has 0 unspecified atom stereocenters. The summed E-state index contributed by atoms with van der Waals surface area (Å²) < 4.78 is 0. The Labute approximate surface area is 113 Å². The summed E-state index contributed by atoms with van der Waals surface area (Å²) in [5, 5.41) is 0. The fourth-order valence-electron chi connectivity index (χ4n) is 2.39. The minimum absolute atomic E-state index is 0.000746. The van der Waals surface area contributed by atoms with Crippen LogP contribution in [-0.4, -0.2) is 41.8 Å². The van der Waals surface area contributed by atoms with Crippen LogP contribution in [0.3, 0.4) is 0 Å². The number of carbonyl (C=O) groups excluding carboxylic acids is 2. The molecule has 1 aromatic rings. The molecule has 5 heteroatoms. The van der Waals surface area contributed by atoms with Crippen LogP contribution in [-0.2, 0) is 9.59 Å². The maximum absolute atomic E-state index is 12.4. The first-order valence-corrected chi connectivity index (χ1v) is 6.52. The zero-order chi connectivity index (χ0) is 13.8. The molecule has 0 bridgehead atoms. The minimum atomic E-state index is 0.000746. The number of hydrogen-bond acceptors (Lipinski definition) is 3. The molecule has 0 radical (unpaired) electrons. The average Bonchev–Trinajstić information content (AvgIpc) is 2.46. The van der Waals surface area contributed by atoms with E-state index in [1.54, 1.807) is 36.2 Å². The summed E-state index contributed by atoms with van der Waals surface area (Å²) >= 11 is 0. The van der Waals surface area contributed by atoms with E-state index in [2.05, 4.69) is 4.98 Å². The Bertz CT molecular complexity index is 453. The van der Waals surface area contributed by atoms with Crippen LogP contribution in [0.2, 0.25) is 0 Å². The van der Waals surface area contributed by atoms with Gasteiger partial charge in [0, 0.05) is 39.2 Å². The molecular formula is C14H19N3O2. The normalized spacial score (nSPS) is 16.2. The van der Waals surface area contributed by atoms with Crippen molar-refractivity contribution in [3.63, 3.8) is 0 Å². The van der Waals surface area contributed by atoms with Crippen molar-refractivity contribution >= 4 is 17.5 Å². The molecule has 0 saturated carbocycles. The predicted molar refractivity (Wildman–Crippen MR) is 72.6 cm³/mol. The molecule has 1 aliphatic heterocycles. The molecule has 0 atom stereocenters. The maximum atomic E-state index is 12.4. The second-order valence-electron chi connectivity index (χ2n) is 4.89. The van der Waals surface area contributed by atoms with E-state index in [9.17, 15) is 9.59 Å². The third-order valence-corrected chi connectivity index (χ3v) is 3.65. The van der Waals surface area contributed by atoms with Gasteiger partial charge in [-0.3, -0.25) is 14.6 Å². The molecule has 102 valence electrons. The van der Waals surface area contributed by atoms with Gasteiger partial charge < -0.3 is 9.80 Å². The number of aromatic nitrogens is 1. The molecule has 19 heavy (non-hydrogen) atoms. The zero-order valence-corrected chi connectivity index (χ0v) is 11.4. The number of nitrogens with zero attached hydrogens (tertiary/aromatic N) is 3. The number of hydrogen-bond donors (Lipinski definition) is 0. The number of anilines is 1. The summed E-state index contributed by atoms with van der Waals surface area (Å²) in [4.78, 5) is 31.1. The lowest BCUT2D eigenvalue weighted by atomic mass is 9.95. The number of pyridine rings is 1. The third kappa shape index (κ3) is 3.10. The predicted octanol–water partition coefficient (Wildman–Crippen LogP) is 1.30. The lowest BCUT2D eigenvalue weighted by molar-refractivity contribution is -0.133. The third-order valence-electron chi connectivity index (χ3n) is 3.65. The van der Waals surface area contributed by atoms with Crippen LogP contribution in [0.25, 0.3) is 0 Å². The zero-order valence-electron chi connectivity index (χ0n) is 11.4. The van der Waals surface area contributed by atoms with Crippen molar-refractivity contribution in [2.24, 2.45) is 5.92 Å². The van der Waals surface area contributed by atoms with Gasteiger partial charge in [0.05, 0.1) is 11.9 Å². The van der Waals surface area contributed by atoms with Gasteiger partial charge in [-0.05, 0) is 25.0 Å². The van der Waals surface area contributed by atoms with Crippen molar-refractivity contribution in [3.05, 3.63) is 24.5 Å². The Hall–Kier alpha value is -1.91. The van der Waals surface area contributed by atoms with Crippen LogP contribution in [0.5, 0.6) is 0 Å². The van der Waals surface area contributed by atoms with Crippen LogP contribution in [0, 0.1) is 5.92 Å². The quantitative estimate of drug-likeness (QED) is 0.806. The molecule has 0 spiro atoms. The van der Waals surface area contributed by atoms with Gasteiger partial charge >= 0.3 is 0 Å². The average molecular weight is 261 g/mol. The van der Waals surface area contributed by atoms with E-state index < -0.39 is 0 Å². The lowest BCUT2D eigenvalue weighted by Crippen LogP contribution is -2.42. The molecule has 5 nitrogen and oxygen atoms in total. The summed E-state index contributed by atoms with van der Waals surface area (Å²) in [7, 11) is 1.77. The van der Waals surface area contributed by atoms with E-state index in [0.29, 0.717) is 13.1 Å². The van der Waals surface area contributed by atoms with Gasteiger partial charge in [-0.2, -0.15) is 0 Å². The van der Waals surface area contributed by atoms with Gasteiger partial charge in [-0.25, -0.2) is 0 Å². The molecule has 0 aromatic carbocycles. The van der Waals surface area contributed by atoms with Crippen molar-refractivity contribution in [1.29, 1.82) is 0 Å². The van der Waals surface area contributed by atoms with Gasteiger partial charge in [-0.1, -0.05) is 0 Å². The summed E-state index contributed by atoms with van der Waals surface area (Å²) in [6.07, 6.45) is 4.85. The molecule has 2 rings (SSSR count). The fourth-order valence-corrected chi connectivity index (χ4v) is 2.39. The summed E-state index contributed by atoms with van der Waals surface area (Å²) in [5.41, 5.74) is 0.807. The van der Waals surface area contributed by atoms with Crippen LogP contribution in [0.4, 0.5) is 5.69 Å². The van der Waals surface area contributed by atoms with Crippen molar-refractivity contribution in [2.45, 2.75) is 19.8 Å². The maximum Gasteiger partial charge on any atom is 0.230 e. The van der Waals surface area contributed by atoms with Crippen molar-refractivity contribution < 1.29 is 9.59 Å². The van der Waals surface area contributed by atoms with E-state index >= 15 is 0 Å². The van der Waals surface area contributed by atoms with Gasteiger partial charge in [-0.15, -0.1) is 0 Å². The Morgan fingerprint density at radius 1 is 1.37 bits per heavy atom. The molecular weight excluding hydrogens is 242 g/mol. The van der Waals surface area contributed by atoms with Gasteiger partial charge in [0.25, 0.3) is 0 Å². The number of amides is 2. The van der Waals surface area contributed by atoms with Gasteiger partial charge in [0.15, 0.2) is 0 Å². The highest BCUT2D eigenvalue weighted by Crippen LogP contribution is 2.22. The van der Waals surface area contributed by atoms with Crippen molar-refractivity contribution in [2.75, 3.05) is 25.0 Å². The highest BCUT2D eigenvalue weighted by atomic mass is 16.2. The van der Waals surface area contributed by atoms with Crippen LogP contribution in [0.1, 0.15) is 19.8 Å². The number of likely N-dealkylation sites (tertiary alicyclic amines) is 1. The van der Waals surface area contributed by atoms with E-state index in [1.165, 1.54) is 0 Å². The van der Waals surface area contributed by atoms with E-state index in [4.69, 9.17) is 0 Å². The largest absolute Gasteiger partial charge is 0.343 e. The Kier molecular flexibility index (Phi) is 4.14. The SMILES string of the molecule is CC(=O)N1CCC(C(=O)N(C)c2cccnc2)CC1. The molecule has 0 N–H and O–H groups in total. The molecule has 1 saturated heterocycles. The van der Waals surface area contributed by atoms with Crippen molar-refractivity contribution in [1.82, 2.24) is 9.88 Å². The molecule has 1 aliphatic rings. The summed E-state index contributed by atoms with van der Waals surface area (Å²) in [6.45, 7) is 2.92. The lowest BCUT2D eigenvalue weighted by Gasteiger charge is -2.32. The molecule has 2 amide bonds. The smallest absolute Gasteiger partial charge is 0.230 e. The standard InChI is InChI=1S/C14H19N3O2/c1-11(18)17-8-5-12(6-9-17)14(19)16(2)13-4-3-7-15-10-13/h3-4,7,10,12H,5-6,8-9H2,1-2H3. The van der Waals surface area contributed by atoms with E-state index in [-0.39, 0.29) is 17.7 Å². The van der Waals surface area contributed by atoms with E-state index in [0.717, 1.165) is 18.5 Å². The molecule has 1 fully saturated rings. The first kappa shape index (κ1) is 13.5. The van der Waals surface area contributed by atoms with Crippen molar-refractivity contribution in [3.8, 4) is 0 Å². The Balaban J connectivity index is 1.96. The Morgan fingerprint density at radius 2 is 2.05 bits per heavy atom. The second kappa shape index (κ2) is 5.82. The van der Waals surface area contributed by atoms with Crippen LogP contribution in [0.15, 0.2) is 24.5 Å². The summed E-state index contributed by atoms with van der Waals surface area (Å²) in [6, 6.07) is 3.69. The highest BCUT2D eigenvalue weighted by Gasteiger charge is 2.28.